The van der Waals surface area contributed by atoms with Crippen molar-refractivity contribution in [3.8, 4) is 0 Å². The lowest BCUT2D eigenvalue weighted by Crippen LogP contribution is -2.24. The molecule has 1 aromatic rings. The molecule has 1 aromatic heterocycles. The van der Waals surface area contributed by atoms with Crippen molar-refractivity contribution < 1.29 is 9.53 Å². The molecule has 1 aliphatic carbocycles. The van der Waals surface area contributed by atoms with Gasteiger partial charge in [-0.15, -0.1) is 0 Å². The molecule has 0 bridgehead atoms. The van der Waals surface area contributed by atoms with Crippen LogP contribution in [-0.4, -0.2) is 24.1 Å². The first-order chi connectivity index (χ1) is 9.15. The second-order valence-electron chi connectivity index (χ2n) is 5.28. The second kappa shape index (κ2) is 6.04. The van der Waals surface area contributed by atoms with E-state index < -0.39 is 5.97 Å². The molecule has 1 heterocycles. The van der Waals surface area contributed by atoms with Gasteiger partial charge in [-0.3, -0.25) is 0 Å². The first-order valence-corrected chi connectivity index (χ1v) is 6.96. The summed E-state index contributed by atoms with van der Waals surface area (Å²) in [6.45, 7) is 4.56. The van der Waals surface area contributed by atoms with E-state index in [4.69, 9.17) is 0 Å². The van der Waals surface area contributed by atoms with Gasteiger partial charge in [0.1, 0.15) is 5.69 Å². The molecular weight excluding hydrogens is 240 g/mol. The average Bonchev–Trinajstić information content (AvgIpc) is 2.79. The molecule has 4 heteroatoms. The molecule has 4 nitrogen and oxygen atoms in total. The van der Waals surface area contributed by atoms with Crippen LogP contribution >= 0.6 is 0 Å². The number of rotatable bonds is 4. The molecule has 3 unspecified atom stereocenters. The van der Waals surface area contributed by atoms with Gasteiger partial charge in [0.2, 0.25) is 0 Å². The van der Waals surface area contributed by atoms with Gasteiger partial charge in [-0.1, -0.05) is 20.3 Å². The lowest BCUT2D eigenvalue weighted by atomic mass is 9.93. The molecule has 2 rings (SSSR count). The highest BCUT2D eigenvalue weighted by molar-refractivity contribution is 5.88. The van der Waals surface area contributed by atoms with Gasteiger partial charge in [0, 0.05) is 17.9 Å². The van der Waals surface area contributed by atoms with Crippen molar-refractivity contribution in [1.29, 1.82) is 0 Å². The highest BCUT2D eigenvalue weighted by Gasteiger charge is 2.31. The summed E-state index contributed by atoms with van der Waals surface area (Å²) in [6.07, 6.45) is 5.36. The molecule has 1 N–H and O–H groups in total. The Balaban J connectivity index is 2.05. The Morgan fingerprint density at radius 2 is 2.32 bits per heavy atom. The summed E-state index contributed by atoms with van der Waals surface area (Å²) in [7, 11) is 1.37. The van der Waals surface area contributed by atoms with E-state index in [2.05, 4.69) is 28.9 Å². The number of methoxy groups -OCH3 is 1. The van der Waals surface area contributed by atoms with E-state index in [1.165, 1.54) is 26.4 Å². The van der Waals surface area contributed by atoms with Crippen LogP contribution < -0.4 is 5.32 Å². The zero-order valence-electron chi connectivity index (χ0n) is 11.8. The number of nitrogens with one attached hydrogen (secondary N) is 1. The van der Waals surface area contributed by atoms with Crippen LogP contribution in [0.4, 0.5) is 5.69 Å². The third kappa shape index (κ3) is 3.06. The monoisotopic (exact) mass is 262 g/mol. The highest BCUT2D eigenvalue weighted by atomic mass is 16.5. The van der Waals surface area contributed by atoms with Crippen molar-refractivity contribution in [2.45, 2.75) is 39.2 Å². The molecule has 104 valence electrons. The summed E-state index contributed by atoms with van der Waals surface area (Å²) in [5.74, 6) is 1.08. The molecule has 19 heavy (non-hydrogen) atoms. The Kier molecular flexibility index (Phi) is 4.40. The van der Waals surface area contributed by atoms with E-state index in [0.717, 1.165) is 11.6 Å². The number of nitrogens with zero attached hydrogens (tertiary/aromatic N) is 1. The number of carbonyl (C=O) groups excluding carboxylic acids is 1. The minimum Gasteiger partial charge on any atom is -0.464 e. The van der Waals surface area contributed by atoms with E-state index >= 15 is 0 Å². The minimum atomic E-state index is -0.394. The van der Waals surface area contributed by atoms with Crippen LogP contribution in [0.2, 0.25) is 0 Å². The van der Waals surface area contributed by atoms with Crippen molar-refractivity contribution in [2.24, 2.45) is 11.8 Å². The lowest BCUT2D eigenvalue weighted by molar-refractivity contribution is 0.0594. The summed E-state index contributed by atoms with van der Waals surface area (Å²) < 4.78 is 4.69. The molecule has 0 spiro atoms. The first kappa shape index (κ1) is 13.8. The Bertz CT molecular complexity index is 448. The summed E-state index contributed by atoms with van der Waals surface area (Å²) >= 11 is 0. The zero-order valence-corrected chi connectivity index (χ0v) is 11.8. The summed E-state index contributed by atoms with van der Waals surface area (Å²) in [6, 6.07) is 4.15. The lowest BCUT2D eigenvalue weighted by Gasteiger charge is -2.22. The molecule has 3 atom stereocenters. The fourth-order valence-corrected chi connectivity index (χ4v) is 2.98. The van der Waals surface area contributed by atoms with E-state index in [-0.39, 0.29) is 0 Å². The molecule has 1 aliphatic rings. The number of carbonyl (C=O) groups is 1. The predicted molar refractivity (Wildman–Crippen MR) is 75.2 cm³/mol. The van der Waals surface area contributed by atoms with Crippen LogP contribution in [0.5, 0.6) is 0 Å². The third-order valence-corrected chi connectivity index (χ3v) is 4.26. The first-order valence-electron chi connectivity index (χ1n) is 6.96. The Hall–Kier alpha value is -1.58. The second-order valence-corrected chi connectivity index (χ2v) is 5.28. The van der Waals surface area contributed by atoms with Gasteiger partial charge >= 0.3 is 5.97 Å². The number of aromatic nitrogens is 1. The zero-order chi connectivity index (χ0) is 13.8. The van der Waals surface area contributed by atoms with E-state index in [0.29, 0.717) is 17.7 Å². The van der Waals surface area contributed by atoms with Gasteiger partial charge in [0.25, 0.3) is 0 Å². The summed E-state index contributed by atoms with van der Waals surface area (Å²) in [5.41, 5.74) is 1.30. The van der Waals surface area contributed by atoms with Gasteiger partial charge in [-0.05, 0) is 36.8 Å². The molecule has 0 aliphatic heterocycles. The van der Waals surface area contributed by atoms with E-state index in [9.17, 15) is 4.79 Å². The topological polar surface area (TPSA) is 51.2 Å². The summed E-state index contributed by atoms with van der Waals surface area (Å²) in [4.78, 5) is 15.5. The fourth-order valence-electron chi connectivity index (χ4n) is 2.98. The molecule has 0 aromatic carbocycles. The third-order valence-electron chi connectivity index (χ3n) is 4.26. The van der Waals surface area contributed by atoms with Gasteiger partial charge in [0.05, 0.1) is 7.11 Å². The van der Waals surface area contributed by atoms with Crippen LogP contribution in [0.1, 0.15) is 43.6 Å². The van der Waals surface area contributed by atoms with Crippen molar-refractivity contribution in [3.63, 3.8) is 0 Å². The number of ether oxygens (including phenoxy) is 1. The molecular formula is C15H22N2O2. The SMILES string of the molecule is CCC1CCC(Nc2ccnc(C(=O)OC)c2)C1C. The van der Waals surface area contributed by atoms with Crippen molar-refractivity contribution >= 4 is 11.7 Å². The number of pyridine rings is 1. The quantitative estimate of drug-likeness (QED) is 0.847. The number of anilines is 1. The van der Waals surface area contributed by atoms with Gasteiger partial charge in [-0.25, -0.2) is 9.78 Å². The molecule has 0 amide bonds. The van der Waals surface area contributed by atoms with Crippen molar-refractivity contribution in [3.05, 3.63) is 24.0 Å². The molecule has 0 saturated heterocycles. The molecule has 1 saturated carbocycles. The highest BCUT2D eigenvalue weighted by Crippen LogP contribution is 2.35. The van der Waals surface area contributed by atoms with E-state index in [1.54, 1.807) is 12.3 Å². The van der Waals surface area contributed by atoms with Crippen LogP contribution in [0, 0.1) is 11.8 Å². The predicted octanol–water partition coefficient (Wildman–Crippen LogP) is 3.10. The average molecular weight is 262 g/mol. The largest absolute Gasteiger partial charge is 0.464 e. The van der Waals surface area contributed by atoms with Gasteiger partial charge in [0.15, 0.2) is 0 Å². The maximum Gasteiger partial charge on any atom is 0.356 e. The molecule has 0 radical (unpaired) electrons. The maximum absolute atomic E-state index is 11.5. The Morgan fingerprint density at radius 3 is 2.95 bits per heavy atom. The fraction of sp³-hybridized carbons (Fsp3) is 0.600. The summed E-state index contributed by atoms with van der Waals surface area (Å²) in [5, 5.41) is 3.53. The Labute approximate surface area is 114 Å². The van der Waals surface area contributed by atoms with Crippen molar-refractivity contribution in [1.82, 2.24) is 4.98 Å². The van der Waals surface area contributed by atoms with Crippen LogP contribution in [0.25, 0.3) is 0 Å². The minimum absolute atomic E-state index is 0.352. The van der Waals surface area contributed by atoms with Gasteiger partial charge < -0.3 is 10.1 Å². The normalized spacial score (nSPS) is 26.2. The standard InChI is InChI=1S/C15H22N2O2/c1-4-11-5-6-13(10(11)2)17-12-7-8-16-14(9-12)15(18)19-3/h7-11,13H,4-6H2,1-3H3,(H,16,17). The van der Waals surface area contributed by atoms with Gasteiger partial charge in [-0.2, -0.15) is 0 Å². The Morgan fingerprint density at radius 1 is 1.53 bits per heavy atom. The number of hydrogen-bond acceptors (Lipinski definition) is 4. The van der Waals surface area contributed by atoms with Crippen LogP contribution in [0.3, 0.4) is 0 Å². The van der Waals surface area contributed by atoms with Crippen molar-refractivity contribution in [2.75, 3.05) is 12.4 Å². The van der Waals surface area contributed by atoms with E-state index in [1.807, 2.05) is 6.07 Å². The number of hydrogen-bond donors (Lipinski definition) is 1. The molecule has 1 fully saturated rings. The maximum atomic E-state index is 11.5. The van der Waals surface area contributed by atoms with Crippen LogP contribution in [0.15, 0.2) is 18.3 Å². The smallest absolute Gasteiger partial charge is 0.356 e. The van der Waals surface area contributed by atoms with Crippen LogP contribution in [-0.2, 0) is 4.74 Å². The number of esters is 1.